The van der Waals surface area contributed by atoms with Crippen molar-refractivity contribution in [3.05, 3.63) is 69.3 Å². The molecule has 0 unspecified atom stereocenters. The van der Waals surface area contributed by atoms with Gasteiger partial charge in [0.25, 0.3) is 17.5 Å². The van der Waals surface area contributed by atoms with Crippen molar-refractivity contribution in [1.29, 1.82) is 0 Å². The zero-order chi connectivity index (χ0) is 25.4. The lowest BCUT2D eigenvalue weighted by Gasteiger charge is -2.13. The topological polar surface area (TPSA) is 89.8 Å². The molecule has 1 aliphatic heterocycles. The Morgan fingerprint density at radius 1 is 0.829 bits per heavy atom. The Bertz CT molecular complexity index is 1040. The third kappa shape index (κ3) is 6.80. The van der Waals surface area contributed by atoms with Crippen LogP contribution in [0.25, 0.3) is 0 Å². The highest BCUT2D eigenvalue weighted by atomic mass is 19.4. The molecule has 35 heavy (non-hydrogen) atoms. The number of nitro groups is 1. The number of rotatable bonds is 13. The van der Waals surface area contributed by atoms with Crippen molar-refractivity contribution in [2.75, 3.05) is 13.2 Å². The van der Waals surface area contributed by atoms with Gasteiger partial charge in [-0.05, 0) is 37.1 Å². The highest BCUT2D eigenvalue weighted by molar-refractivity contribution is 6.21. The fraction of sp³-hybridized carbons (Fsp3) is 0.440. The number of amides is 2. The van der Waals surface area contributed by atoms with E-state index >= 15 is 0 Å². The van der Waals surface area contributed by atoms with Crippen LogP contribution in [0.3, 0.4) is 0 Å². The lowest BCUT2D eigenvalue weighted by molar-refractivity contribution is -0.388. The van der Waals surface area contributed by atoms with Crippen molar-refractivity contribution in [3.63, 3.8) is 0 Å². The molecule has 1 aliphatic rings. The number of carbonyl (C=O) groups is 2. The zero-order valence-electron chi connectivity index (χ0n) is 19.2. The number of imide groups is 1. The molecule has 0 atom stereocenters. The van der Waals surface area contributed by atoms with Gasteiger partial charge in [-0.15, -0.1) is 0 Å². The smallest absolute Gasteiger partial charge is 0.423 e. The van der Waals surface area contributed by atoms with Gasteiger partial charge in [-0.1, -0.05) is 50.7 Å². The Morgan fingerprint density at radius 2 is 1.37 bits per heavy atom. The predicted octanol–water partition coefficient (Wildman–Crippen LogP) is 6.41. The van der Waals surface area contributed by atoms with E-state index in [0.29, 0.717) is 30.2 Å². The lowest BCUT2D eigenvalue weighted by atomic mass is 10.1. The second-order valence-electron chi connectivity index (χ2n) is 8.42. The fourth-order valence-corrected chi connectivity index (χ4v) is 4.06. The van der Waals surface area contributed by atoms with Crippen LogP contribution in [0.2, 0.25) is 0 Å². The van der Waals surface area contributed by atoms with Gasteiger partial charge in [0.2, 0.25) is 0 Å². The van der Waals surface area contributed by atoms with Gasteiger partial charge in [-0.25, -0.2) is 0 Å². The first-order chi connectivity index (χ1) is 16.7. The maximum atomic E-state index is 13.0. The largest absolute Gasteiger partial charge is 0.494 e. The quantitative estimate of drug-likeness (QED) is 0.140. The van der Waals surface area contributed by atoms with E-state index in [2.05, 4.69) is 0 Å². The van der Waals surface area contributed by atoms with Crippen LogP contribution in [0.1, 0.15) is 77.6 Å². The summed E-state index contributed by atoms with van der Waals surface area (Å²) in [6.45, 7) is 0.651. The van der Waals surface area contributed by atoms with Gasteiger partial charge in [0.15, 0.2) is 0 Å². The van der Waals surface area contributed by atoms with Crippen molar-refractivity contribution < 1.29 is 32.4 Å². The third-order valence-corrected chi connectivity index (χ3v) is 5.89. The first-order valence-corrected chi connectivity index (χ1v) is 11.6. The Kier molecular flexibility index (Phi) is 8.84. The molecule has 2 aromatic rings. The summed E-state index contributed by atoms with van der Waals surface area (Å²) in [5, 5.41) is 10.8. The standard InChI is InChI=1S/C25H27F3N2O5/c26-25(27,28)21-17-18(13-14-22(21)30(33)34)35-16-10-6-4-2-1-3-5-9-15-29-23(31)19-11-7-8-12-20(19)24(29)32/h7-8,11-14,17H,1-6,9-10,15-16H2. The average Bonchev–Trinajstić information content (AvgIpc) is 3.06. The van der Waals surface area contributed by atoms with Crippen LogP contribution in [-0.4, -0.2) is 34.8 Å². The van der Waals surface area contributed by atoms with Gasteiger partial charge in [0, 0.05) is 12.6 Å². The van der Waals surface area contributed by atoms with Crippen LogP contribution in [0, 0.1) is 10.1 Å². The summed E-state index contributed by atoms with van der Waals surface area (Å²) in [6.07, 6.45) is 2.33. The van der Waals surface area contributed by atoms with Crippen LogP contribution in [0.4, 0.5) is 18.9 Å². The second kappa shape index (κ2) is 11.8. The molecule has 3 rings (SSSR count). The summed E-state index contributed by atoms with van der Waals surface area (Å²) in [6, 6.07) is 9.50. The van der Waals surface area contributed by atoms with Crippen molar-refractivity contribution in [2.45, 2.75) is 57.5 Å². The number of fused-ring (bicyclic) bond motifs is 1. The van der Waals surface area contributed by atoms with E-state index in [1.165, 1.54) is 11.0 Å². The first kappa shape index (κ1) is 26.2. The summed E-state index contributed by atoms with van der Waals surface area (Å²) in [5.74, 6) is -0.492. The maximum absolute atomic E-state index is 13.0. The molecule has 10 heteroatoms. The van der Waals surface area contributed by atoms with Crippen molar-refractivity contribution in [1.82, 2.24) is 4.90 Å². The summed E-state index contributed by atoms with van der Waals surface area (Å²) in [7, 11) is 0. The molecular weight excluding hydrogens is 465 g/mol. The van der Waals surface area contributed by atoms with Crippen molar-refractivity contribution >= 4 is 17.5 Å². The average molecular weight is 492 g/mol. The molecule has 0 aromatic heterocycles. The summed E-state index contributed by atoms with van der Waals surface area (Å²) in [5.41, 5.74) is -1.37. The van der Waals surface area contributed by atoms with Gasteiger partial charge < -0.3 is 4.74 Å². The SMILES string of the molecule is O=C1c2ccccc2C(=O)N1CCCCCCCCCCOc1ccc([N+](=O)[O-])c(C(F)(F)F)c1. The molecule has 0 saturated heterocycles. The number of unbranched alkanes of at least 4 members (excludes halogenated alkanes) is 7. The number of benzene rings is 2. The Labute approximate surface area is 201 Å². The van der Waals surface area contributed by atoms with E-state index in [-0.39, 0.29) is 24.2 Å². The minimum Gasteiger partial charge on any atom is -0.494 e. The molecule has 0 spiro atoms. The van der Waals surface area contributed by atoms with E-state index in [1.807, 2.05) is 0 Å². The zero-order valence-corrected chi connectivity index (χ0v) is 19.2. The number of halogens is 3. The van der Waals surface area contributed by atoms with Crippen LogP contribution in [0.15, 0.2) is 42.5 Å². The molecule has 188 valence electrons. The molecule has 0 bridgehead atoms. The summed E-state index contributed by atoms with van der Waals surface area (Å²) in [4.78, 5) is 35.7. The molecule has 0 saturated carbocycles. The number of nitrogens with zero attached hydrogens (tertiary/aromatic N) is 2. The molecule has 0 radical (unpaired) electrons. The molecule has 1 heterocycles. The number of alkyl halides is 3. The number of carbonyl (C=O) groups excluding carboxylic acids is 2. The van der Waals surface area contributed by atoms with Crippen LogP contribution in [0.5, 0.6) is 5.75 Å². The Balaban J connectivity index is 1.25. The molecule has 0 N–H and O–H groups in total. The van der Waals surface area contributed by atoms with E-state index in [0.717, 1.165) is 51.0 Å². The number of hydrogen-bond donors (Lipinski definition) is 0. The number of hydrogen-bond acceptors (Lipinski definition) is 5. The maximum Gasteiger partial charge on any atom is 0.423 e. The monoisotopic (exact) mass is 492 g/mol. The normalized spacial score (nSPS) is 13.3. The minimum atomic E-state index is -4.83. The number of nitro benzene ring substituents is 1. The molecule has 2 aromatic carbocycles. The van der Waals surface area contributed by atoms with Crippen molar-refractivity contribution in [3.8, 4) is 5.75 Å². The molecular formula is C25H27F3N2O5. The van der Waals surface area contributed by atoms with Gasteiger partial charge >= 0.3 is 6.18 Å². The third-order valence-electron chi connectivity index (χ3n) is 5.89. The van der Waals surface area contributed by atoms with E-state index in [9.17, 15) is 32.9 Å². The molecule has 0 fully saturated rings. The van der Waals surface area contributed by atoms with Gasteiger partial charge in [0.05, 0.1) is 22.7 Å². The minimum absolute atomic E-state index is 0.0408. The van der Waals surface area contributed by atoms with E-state index in [4.69, 9.17) is 4.74 Å². The second-order valence-corrected chi connectivity index (χ2v) is 8.42. The highest BCUT2D eigenvalue weighted by Gasteiger charge is 2.38. The number of ether oxygens (including phenoxy) is 1. The highest BCUT2D eigenvalue weighted by Crippen LogP contribution is 2.38. The molecule has 7 nitrogen and oxygen atoms in total. The van der Waals surface area contributed by atoms with Crippen molar-refractivity contribution in [2.24, 2.45) is 0 Å². The summed E-state index contributed by atoms with van der Waals surface area (Å²) < 4.78 is 44.4. The predicted molar refractivity (Wildman–Crippen MR) is 122 cm³/mol. The lowest BCUT2D eigenvalue weighted by Crippen LogP contribution is -2.30. The van der Waals surface area contributed by atoms with E-state index in [1.54, 1.807) is 24.3 Å². The van der Waals surface area contributed by atoms with Crippen LogP contribution in [-0.2, 0) is 6.18 Å². The first-order valence-electron chi connectivity index (χ1n) is 11.6. The summed E-state index contributed by atoms with van der Waals surface area (Å²) >= 11 is 0. The van der Waals surface area contributed by atoms with Crippen LogP contribution >= 0.6 is 0 Å². The molecule has 0 aliphatic carbocycles. The van der Waals surface area contributed by atoms with Gasteiger partial charge in [0.1, 0.15) is 11.3 Å². The Morgan fingerprint density at radius 3 is 1.91 bits per heavy atom. The Hall–Kier alpha value is -3.43. The molecule has 2 amide bonds. The van der Waals surface area contributed by atoms with Gasteiger partial charge in [-0.2, -0.15) is 13.2 Å². The van der Waals surface area contributed by atoms with E-state index < -0.39 is 22.4 Å². The van der Waals surface area contributed by atoms with Gasteiger partial charge in [-0.3, -0.25) is 24.6 Å². The van der Waals surface area contributed by atoms with Crippen LogP contribution < -0.4 is 4.74 Å². The fourth-order valence-electron chi connectivity index (χ4n) is 4.06.